The van der Waals surface area contributed by atoms with Gasteiger partial charge < -0.3 is 4.90 Å². The molecule has 0 unspecified atom stereocenters. The minimum Gasteiger partial charge on any atom is -0.342 e. The molecule has 0 amide bonds. The molecule has 0 atom stereocenters. The van der Waals surface area contributed by atoms with Gasteiger partial charge in [0.05, 0.1) is 17.8 Å². The highest BCUT2D eigenvalue weighted by atomic mass is 16.2. The predicted molar refractivity (Wildman–Crippen MR) is 115 cm³/mol. The fourth-order valence-electron chi connectivity index (χ4n) is 3.44. The maximum atomic E-state index is 11.1. The average molecular weight is 379 g/mol. The van der Waals surface area contributed by atoms with Gasteiger partial charge in [0.1, 0.15) is 0 Å². The first-order valence-electron chi connectivity index (χ1n) is 9.80. The van der Waals surface area contributed by atoms with Crippen LogP contribution in [0.2, 0.25) is 0 Å². The van der Waals surface area contributed by atoms with E-state index in [1.807, 2.05) is 25.4 Å². The SMILES string of the molecule is C=CN(c1cccnc1C)C(C)(C)CCCC.O=C1CC(=O)c2ccccc21. The van der Waals surface area contributed by atoms with Crippen LogP contribution >= 0.6 is 0 Å². The minimum atomic E-state index is -0.0504. The van der Waals surface area contributed by atoms with Gasteiger partial charge in [0.25, 0.3) is 0 Å². The van der Waals surface area contributed by atoms with Crippen molar-refractivity contribution >= 4 is 17.3 Å². The molecule has 0 bridgehead atoms. The summed E-state index contributed by atoms with van der Waals surface area (Å²) >= 11 is 0. The molecule has 28 heavy (non-hydrogen) atoms. The van der Waals surface area contributed by atoms with Crippen molar-refractivity contribution in [2.75, 3.05) is 4.90 Å². The third kappa shape index (κ3) is 4.94. The van der Waals surface area contributed by atoms with Crippen LogP contribution in [0.3, 0.4) is 0 Å². The molecule has 3 rings (SSSR count). The zero-order valence-corrected chi connectivity index (χ0v) is 17.4. The first-order valence-corrected chi connectivity index (χ1v) is 9.80. The number of rotatable bonds is 6. The number of benzene rings is 1. The smallest absolute Gasteiger partial charge is 0.171 e. The molecule has 4 heteroatoms. The van der Waals surface area contributed by atoms with Gasteiger partial charge in [0.15, 0.2) is 11.6 Å². The molecule has 0 fully saturated rings. The van der Waals surface area contributed by atoms with Crippen molar-refractivity contribution < 1.29 is 9.59 Å². The van der Waals surface area contributed by atoms with E-state index in [1.165, 1.54) is 12.8 Å². The summed E-state index contributed by atoms with van der Waals surface area (Å²) in [6, 6.07) is 11.0. The topological polar surface area (TPSA) is 50.3 Å². The molecule has 1 aromatic carbocycles. The number of pyridine rings is 1. The first kappa shape index (κ1) is 21.5. The number of nitrogens with zero attached hydrogens (tertiary/aromatic N) is 2. The summed E-state index contributed by atoms with van der Waals surface area (Å²) in [6.07, 6.45) is 7.42. The van der Waals surface area contributed by atoms with Gasteiger partial charge in [-0.05, 0) is 45.5 Å². The van der Waals surface area contributed by atoms with E-state index in [0.717, 1.165) is 17.8 Å². The van der Waals surface area contributed by atoms with E-state index in [-0.39, 0.29) is 23.5 Å². The quantitative estimate of drug-likeness (QED) is 0.599. The molecule has 148 valence electrons. The monoisotopic (exact) mass is 378 g/mol. The molecule has 0 N–H and O–H groups in total. The highest BCUT2D eigenvalue weighted by Gasteiger charge is 2.26. The lowest BCUT2D eigenvalue weighted by Crippen LogP contribution is -2.40. The largest absolute Gasteiger partial charge is 0.342 e. The molecule has 1 heterocycles. The number of carbonyl (C=O) groups is 2. The predicted octanol–water partition coefficient (Wildman–Crippen LogP) is 5.76. The normalized spacial score (nSPS) is 12.9. The lowest BCUT2D eigenvalue weighted by Gasteiger charge is -2.38. The third-order valence-electron chi connectivity index (χ3n) is 5.06. The molecule has 1 aromatic heterocycles. The van der Waals surface area contributed by atoms with Crippen LogP contribution in [0.25, 0.3) is 0 Å². The molecule has 2 aromatic rings. The molecule has 0 saturated carbocycles. The number of aromatic nitrogens is 1. The molecule has 1 aliphatic rings. The fourth-order valence-corrected chi connectivity index (χ4v) is 3.44. The molecule has 0 aliphatic heterocycles. The summed E-state index contributed by atoms with van der Waals surface area (Å²) in [5.74, 6) is -0.101. The van der Waals surface area contributed by atoms with E-state index < -0.39 is 0 Å². The Morgan fingerprint density at radius 2 is 1.71 bits per heavy atom. The Morgan fingerprint density at radius 3 is 2.21 bits per heavy atom. The summed E-state index contributed by atoms with van der Waals surface area (Å²) in [7, 11) is 0. The number of carbonyl (C=O) groups excluding carboxylic acids is 2. The van der Waals surface area contributed by atoms with Crippen LogP contribution in [0.1, 0.15) is 72.9 Å². The van der Waals surface area contributed by atoms with Crippen LogP contribution in [-0.2, 0) is 0 Å². The number of hydrogen-bond acceptors (Lipinski definition) is 4. The van der Waals surface area contributed by atoms with E-state index in [4.69, 9.17) is 0 Å². The van der Waals surface area contributed by atoms with E-state index >= 15 is 0 Å². The van der Waals surface area contributed by atoms with Crippen molar-refractivity contribution in [2.45, 2.75) is 58.9 Å². The van der Waals surface area contributed by atoms with Crippen molar-refractivity contribution in [3.8, 4) is 0 Å². The van der Waals surface area contributed by atoms with Crippen LogP contribution in [0.4, 0.5) is 5.69 Å². The number of ketones is 2. The van der Waals surface area contributed by atoms with E-state index in [9.17, 15) is 9.59 Å². The van der Waals surface area contributed by atoms with Crippen molar-refractivity contribution in [3.63, 3.8) is 0 Å². The Bertz CT molecular complexity index is 822. The van der Waals surface area contributed by atoms with Crippen molar-refractivity contribution in [2.24, 2.45) is 0 Å². The number of aryl methyl sites for hydroxylation is 1. The Labute approximate surface area is 168 Å². The second-order valence-electron chi connectivity index (χ2n) is 7.65. The van der Waals surface area contributed by atoms with Gasteiger partial charge in [0, 0.05) is 22.9 Å². The van der Waals surface area contributed by atoms with Crippen molar-refractivity contribution in [1.29, 1.82) is 0 Å². The average Bonchev–Trinajstić information content (AvgIpc) is 2.97. The number of unbranched alkanes of at least 4 members (excludes halogenated alkanes) is 1. The molecule has 0 saturated heterocycles. The molecule has 1 aliphatic carbocycles. The lowest BCUT2D eigenvalue weighted by molar-refractivity contribution is 0.0923. The van der Waals surface area contributed by atoms with Gasteiger partial charge in [0.2, 0.25) is 0 Å². The number of hydrogen-bond donors (Lipinski definition) is 0. The van der Waals surface area contributed by atoms with Crippen LogP contribution in [-0.4, -0.2) is 22.1 Å². The summed E-state index contributed by atoms with van der Waals surface area (Å²) in [4.78, 5) is 28.7. The number of Topliss-reactive ketones (excluding diaryl/α,β-unsaturated/α-hetero) is 2. The number of fused-ring (bicyclic) bond motifs is 1. The lowest BCUT2D eigenvalue weighted by atomic mass is 9.94. The van der Waals surface area contributed by atoms with Crippen molar-refractivity contribution in [1.82, 2.24) is 4.98 Å². The van der Waals surface area contributed by atoms with Gasteiger partial charge in [-0.2, -0.15) is 0 Å². The molecule has 0 radical (unpaired) electrons. The van der Waals surface area contributed by atoms with Crippen LogP contribution in [0, 0.1) is 6.92 Å². The molecule has 0 spiro atoms. The fraction of sp³-hybridized carbons (Fsp3) is 0.375. The van der Waals surface area contributed by atoms with Crippen LogP contribution < -0.4 is 4.90 Å². The summed E-state index contributed by atoms with van der Waals surface area (Å²) in [5.41, 5.74) is 3.46. The maximum Gasteiger partial charge on any atom is 0.171 e. The summed E-state index contributed by atoms with van der Waals surface area (Å²) < 4.78 is 0. The van der Waals surface area contributed by atoms with E-state index in [1.54, 1.807) is 24.3 Å². The Hall–Kier alpha value is -2.75. The molecule has 4 nitrogen and oxygen atoms in total. The van der Waals surface area contributed by atoms with Gasteiger partial charge in [-0.25, -0.2) is 0 Å². The van der Waals surface area contributed by atoms with Crippen molar-refractivity contribution in [3.05, 3.63) is 72.2 Å². The van der Waals surface area contributed by atoms with Gasteiger partial charge >= 0.3 is 0 Å². The maximum absolute atomic E-state index is 11.1. The zero-order chi connectivity index (χ0) is 20.7. The summed E-state index contributed by atoms with van der Waals surface area (Å²) in [6.45, 7) is 12.7. The first-order chi connectivity index (χ1) is 13.3. The highest BCUT2D eigenvalue weighted by molar-refractivity contribution is 6.24. The second kappa shape index (κ2) is 9.45. The van der Waals surface area contributed by atoms with Gasteiger partial charge in [-0.3, -0.25) is 14.6 Å². The molecular formula is C24H30N2O2. The van der Waals surface area contributed by atoms with Crippen LogP contribution in [0.15, 0.2) is 55.4 Å². The van der Waals surface area contributed by atoms with Gasteiger partial charge in [-0.15, -0.1) is 0 Å². The third-order valence-corrected chi connectivity index (χ3v) is 5.06. The minimum absolute atomic E-state index is 0.0504. The second-order valence-corrected chi connectivity index (χ2v) is 7.65. The standard InChI is InChI=1S/C15H24N2.C9H6O2/c1-6-8-11-15(4,5)17(7-2)14-10-9-12-16-13(14)3;10-8-5-9(11)7-4-2-1-3-6(7)8/h7,9-10,12H,2,6,8,11H2,1,3-5H3;1-4H,5H2. The Balaban J connectivity index is 0.000000218. The highest BCUT2D eigenvalue weighted by Crippen LogP contribution is 2.29. The number of anilines is 1. The Morgan fingerprint density at radius 1 is 1.11 bits per heavy atom. The van der Waals surface area contributed by atoms with E-state index in [2.05, 4.69) is 43.3 Å². The van der Waals surface area contributed by atoms with Gasteiger partial charge in [-0.1, -0.05) is 50.6 Å². The van der Waals surface area contributed by atoms with Crippen LogP contribution in [0.5, 0.6) is 0 Å². The summed E-state index contributed by atoms with van der Waals surface area (Å²) in [5, 5.41) is 0. The van der Waals surface area contributed by atoms with E-state index in [0.29, 0.717) is 11.1 Å². The zero-order valence-electron chi connectivity index (χ0n) is 17.4. The molecular weight excluding hydrogens is 348 g/mol. The Kier molecular flexibility index (Phi) is 7.27.